The average molecular weight is 190 g/mol. The van der Waals surface area contributed by atoms with Crippen LogP contribution in [-0.4, -0.2) is 12.4 Å². The third-order valence-corrected chi connectivity index (χ3v) is 3.34. The van der Waals surface area contributed by atoms with Crippen molar-refractivity contribution in [2.24, 2.45) is 4.40 Å². The van der Waals surface area contributed by atoms with E-state index in [0.29, 0.717) is 0 Å². The molecule has 0 N–H and O–H groups in total. The van der Waals surface area contributed by atoms with Crippen molar-refractivity contribution in [1.82, 2.24) is 0 Å². The average Bonchev–Trinajstić information content (AvgIpc) is 2.65. The molecular formula is C10H10N2S. The van der Waals surface area contributed by atoms with Crippen molar-refractivity contribution in [1.29, 1.82) is 0 Å². The number of nitrogens with zero attached hydrogens (tertiary/aromatic N) is 2. The first-order chi connectivity index (χ1) is 6.45. The Morgan fingerprint density at radius 2 is 2.23 bits per heavy atom. The van der Waals surface area contributed by atoms with Gasteiger partial charge >= 0.3 is 0 Å². The van der Waals surface area contributed by atoms with Crippen LogP contribution in [0.25, 0.3) is 0 Å². The van der Waals surface area contributed by atoms with Crippen molar-refractivity contribution in [3.8, 4) is 0 Å². The zero-order chi connectivity index (χ0) is 8.67. The summed E-state index contributed by atoms with van der Waals surface area (Å²) < 4.78 is 4.49. The van der Waals surface area contributed by atoms with E-state index in [4.69, 9.17) is 0 Å². The predicted octanol–water partition coefficient (Wildman–Crippen LogP) is 2.71. The maximum absolute atomic E-state index is 4.49. The lowest BCUT2D eigenvalue weighted by molar-refractivity contribution is 0.951. The lowest BCUT2D eigenvalue weighted by Crippen LogP contribution is -2.26. The number of benzene rings is 1. The molecule has 1 fully saturated rings. The van der Waals surface area contributed by atoms with Crippen molar-refractivity contribution < 1.29 is 0 Å². The first-order valence-electron chi connectivity index (χ1n) is 4.55. The zero-order valence-electron chi connectivity index (χ0n) is 7.23. The van der Waals surface area contributed by atoms with Gasteiger partial charge in [-0.25, -0.2) is 0 Å². The molecule has 2 nitrogen and oxygen atoms in total. The molecule has 0 atom stereocenters. The molecule has 1 aromatic rings. The van der Waals surface area contributed by atoms with E-state index in [0.717, 1.165) is 13.0 Å². The van der Waals surface area contributed by atoms with E-state index in [1.54, 1.807) is 11.9 Å². The number of rotatable bonds is 0. The third-order valence-electron chi connectivity index (χ3n) is 2.50. The molecule has 1 aromatic carbocycles. The summed E-state index contributed by atoms with van der Waals surface area (Å²) in [7, 11) is 0. The maximum Gasteiger partial charge on any atom is 0.117 e. The maximum atomic E-state index is 4.49. The number of anilines is 1. The van der Waals surface area contributed by atoms with E-state index in [9.17, 15) is 0 Å². The van der Waals surface area contributed by atoms with Gasteiger partial charge in [-0.1, -0.05) is 12.1 Å². The van der Waals surface area contributed by atoms with Gasteiger partial charge in [0, 0.05) is 24.9 Å². The molecular weight excluding hydrogens is 180 g/mol. The van der Waals surface area contributed by atoms with Gasteiger partial charge in [0.2, 0.25) is 0 Å². The topological polar surface area (TPSA) is 15.6 Å². The molecule has 0 amide bonds. The monoisotopic (exact) mass is 190 g/mol. The highest BCUT2D eigenvalue weighted by molar-refractivity contribution is 7.98. The molecule has 2 aliphatic rings. The fourth-order valence-electron chi connectivity index (χ4n) is 1.87. The minimum atomic E-state index is 1.14. The first kappa shape index (κ1) is 7.44. The summed E-state index contributed by atoms with van der Waals surface area (Å²) in [6.45, 7) is 1.14. The highest BCUT2D eigenvalue weighted by Gasteiger charge is 2.25. The quantitative estimate of drug-likeness (QED) is 0.584. The number of hydrogen-bond acceptors (Lipinski definition) is 3. The van der Waals surface area contributed by atoms with Gasteiger partial charge in [0.15, 0.2) is 0 Å². The Morgan fingerprint density at radius 1 is 1.31 bits per heavy atom. The van der Waals surface area contributed by atoms with Crippen LogP contribution in [0.15, 0.2) is 33.6 Å². The van der Waals surface area contributed by atoms with E-state index >= 15 is 0 Å². The normalized spacial score (nSPS) is 19.4. The Kier molecular flexibility index (Phi) is 1.59. The largest absolute Gasteiger partial charge is 0.328 e. The SMILES string of the molecule is c1ccc2c(c1)SN=C1CCCN12. The van der Waals surface area contributed by atoms with Crippen LogP contribution in [0, 0.1) is 0 Å². The fraction of sp³-hybridized carbons (Fsp3) is 0.300. The first-order valence-corrected chi connectivity index (χ1v) is 5.33. The molecule has 3 rings (SSSR count). The molecule has 0 aliphatic carbocycles. The minimum Gasteiger partial charge on any atom is -0.328 e. The Hall–Kier alpha value is -0.960. The molecule has 2 aliphatic heterocycles. The Bertz CT molecular complexity index is 373. The minimum absolute atomic E-state index is 1.14. The Labute approximate surface area is 81.8 Å². The molecule has 0 bridgehead atoms. The molecule has 1 saturated heterocycles. The second-order valence-electron chi connectivity index (χ2n) is 3.32. The van der Waals surface area contributed by atoms with Gasteiger partial charge in [-0.2, -0.15) is 4.40 Å². The lowest BCUT2D eigenvalue weighted by atomic mass is 10.3. The highest BCUT2D eigenvalue weighted by Crippen LogP contribution is 2.38. The lowest BCUT2D eigenvalue weighted by Gasteiger charge is -2.24. The molecule has 0 spiro atoms. The summed E-state index contributed by atoms with van der Waals surface area (Å²) in [4.78, 5) is 3.62. The van der Waals surface area contributed by atoms with Crippen molar-refractivity contribution in [2.45, 2.75) is 17.7 Å². The molecule has 0 radical (unpaired) electrons. The summed E-state index contributed by atoms with van der Waals surface area (Å²) in [6, 6.07) is 8.49. The molecule has 3 heteroatoms. The van der Waals surface area contributed by atoms with Crippen LogP contribution in [-0.2, 0) is 0 Å². The van der Waals surface area contributed by atoms with E-state index in [1.165, 1.54) is 22.8 Å². The van der Waals surface area contributed by atoms with Gasteiger partial charge in [-0.15, -0.1) is 0 Å². The van der Waals surface area contributed by atoms with Gasteiger partial charge in [0.05, 0.1) is 10.6 Å². The van der Waals surface area contributed by atoms with Gasteiger partial charge in [-0.05, 0) is 18.6 Å². The van der Waals surface area contributed by atoms with Crippen LogP contribution in [0.3, 0.4) is 0 Å². The molecule has 66 valence electrons. The van der Waals surface area contributed by atoms with Crippen molar-refractivity contribution in [2.75, 3.05) is 11.4 Å². The summed E-state index contributed by atoms with van der Waals surface area (Å²) in [5.41, 5.74) is 1.34. The second-order valence-corrected chi connectivity index (χ2v) is 4.13. The van der Waals surface area contributed by atoms with Gasteiger partial charge < -0.3 is 4.90 Å². The summed E-state index contributed by atoms with van der Waals surface area (Å²) in [6.07, 6.45) is 2.38. The summed E-state index contributed by atoms with van der Waals surface area (Å²) in [5, 5.41) is 0. The van der Waals surface area contributed by atoms with E-state index in [1.807, 2.05) is 0 Å². The van der Waals surface area contributed by atoms with Crippen LogP contribution in [0.2, 0.25) is 0 Å². The van der Waals surface area contributed by atoms with Crippen molar-refractivity contribution in [3.63, 3.8) is 0 Å². The smallest absolute Gasteiger partial charge is 0.117 e. The Balaban J connectivity index is 2.12. The van der Waals surface area contributed by atoms with E-state index < -0.39 is 0 Å². The second kappa shape index (κ2) is 2.77. The van der Waals surface area contributed by atoms with Crippen LogP contribution < -0.4 is 4.90 Å². The van der Waals surface area contributed by atoms with E-state index in [-0.39, 0.29) is 0 Å². The summed E-state index contributed by atoms with van der Waals surface area (Å²) >= 11 is 1.61. The van der Waals surface area contributed by atoms with Gasteiger partial charge in [0.25, 0.3) is 0 Å². The van der Waals surface area contributed by atoms with Crippen LogP contribution in [0.1, 0.15) is 12.8 Å². The molecule has 0 unspecified atom stereocenters. The molecule has 0 saturated carbocycles. The number of fused-ring (bicyclic) bond motifs is 3. The number of amidine groups is 1. The molecule has 0 aromatic heterocycles. The van der Waals surface area contributed by atoms with E-state index in [2.05, 4.69) is 33.6 Å². The van der Waals surface area contributed by atoms with Crippen LogP contribution >= 0.6 is 11.9 Å². The van der Waals surface area contributed by atoms with Crippen LogP contribution in [0.5, 0.6) is 0 Å². The predicted molar refractivity (Wildman–Crippen MR) is 56.3 cm³/mol. The summed E-state index contributed by atoms with van der Waals surface area (Å²) in [5.74, 6) is 1.25. The third kappa shape index (κ3) is 1.07. The van der Waals surface area contributed by atoms with Gasteiger partial charge in [-0.3, -0.25) is 0 Å². The highest BCUT2D eigenvalue weighted by atomic mass is 32.2. The molecule has 13 heavy (non-hydrogen) atoms. The number of hydrogen-bond donors (Lipinski definition) is 0. The molecule has 2 heterocycles. The van der Waals surface area contributed by atoms with Crippen molar-refractivity contribution >= 4 is 23.5 Å². The number of para-hydroxylation sites is 1. The van der Waals surface area contributed by atoms with Crippen molar-refractivity contribution in [3.05, 3.63) is 24.3 Å². The van der Waals surface area contributed by atoms with Gasteiger partial charge in [0.1, 0.15) is 5.84 Å². The zero-order valence-corrected chi connectivity index (χ0v) is 8.05. The van der Waals surface area contributed by atoms with Crippen LogP contribution in [0.4, 0.5) is 5.69 Å². The standard InChI is InChI=1S/C10H10N2S/c1-2-5-9-8(4-1)12-7-3-6-10(12)11-13-9/h1-2,4-5H,3,6-7H2. The fourth-order valence-corrected chi connectivity index (χ4v) is 2.68. The Morgan fingerprint density at radius 3 is 3.23 bits per heavy atom.